The van der Waals surface area contributed by atoms with E-state index in [9.17, 15) is 9.59 Å². The van der Waals surface area contributed by atoms with Gasteiger partial charge in [0.25, 0.3) is 5.91 Å². The molecule has 1 aromatic rings. The lowest BCUT2D eigenvalue weighted by atomic mass is 10.1. The number of hydrogen-bond donors (Lipinski definition) is 2. The molecule has 1 aromatic heterocycles. The molecule has 1 aliphatic carbocycles. The largest absolute Gasteiger partial charge is 0.481 e. The number of nitrogens with zero attached hydrogens (tertiary/aromatic N) is 1. The summed E-state index contributed by atoms with van der Waals surface area (Å²) in [7, 11) is 0. The van der Waals surface area contributed by atoms with Gasteiger partial charge in [-0.1, -0.05) is 0 Å². The molecular weight excluding hydrogens is 300 g/mol. The van der Waals surface area contributed by atoms with Crippen LogP contribution in [0.15, 0.2) is 22.8 Å². The van der Waals surface area contributed by atoms with Crippen molar-refractivity contribution in [2.24, 2.45) is 5.92 Å². The van der Waals surface area contributed by atoms with E-state index in [1.54, 1.807) is 18.3 Å². The molecule has 1 fully saturated rings. The lowest BCUT2D eigenvalue weighted by molar-refractivity contribution is -0.141. The molecule has 0 saturated heterocycles. The summed E-state index contributed by atoms with van der Waals surface area (Å²) in [6, 6.07) is 3.31. The number of pyridine rings is 1. The van der Waals surface area contributed by atoms with Crippen molar-refractivity contribution < 1.29 is 14.7 Å². The predicted molar refractivity (Wildman–Crippen MR) is 68.2 cm³/mol. The van der Waals surface area contributed by atoms with E-state index in [0.717, 1.165) is 4.47 Å². The summed E-state index contributed by atoms with van der Waals surface area (Å²) in [4.78, 5) is 26.7. The van der Waals surface area contributed by atoms with Gasteiger partial charge in [0.2, 0.25) is 0 Å². The van der Waals surface area contributed by atoms with Crippen LogP contribution in [-0.4, -0.2) is 28.0 Å². The Morgan fingerprint density at radius 3 is 2.72 bits per heavy atom. The minimum atomic E-state index is -0.784. The molecule has 0 unspecified atom stereocenters. The molecule has 1 aliphatic rings. The first-order valence-corrected chi connectivity index (χ1v) is 6.51. The quantitative estimate of drug-likeness (QED) is 0.892. The number of aliphatic carboxylic acids is 1. The van der Waals surface area contributed by atoms with Crippen molar-refractivity contribution in [1.82, 2.24) is 10.3 Å². The molecule has 2 atom stereocenters. The fourth-order valence-electron chi connectivity index (χ4n) is 2.11. The van der Waals surface area contributed by atoms with E-state index in [1.807, 2.05) is 0 Å². The summed E-state index contributed by atoms with van der Waals surface area (Å²) >= 11 is 3.25. The van der Waals surface area contributed by atoms with Gasteiger partial charge >= 0.3 is 5.97 Å². The van der Waals surface area contributed by atoms with Crippen LogP contribution in [0.4, 0.5) is 0 Å². The third-order valence-electron chi connectivity index (χ3n) is 3.08. The lowest BCUT2D eigenvalue weighted by Gasteiger charge is -2.11. The minimum Gasteiger partial charge on any atom is -0.481 e. The summed E-state index contributed by atoms with van der Waals surface area (Å²) in [6.45, 7) is 0. The summed E-state index contributed by atoms with van der Waals surface area (Å²) in [5, 5.41) is 11.7. The van der Waals surface area contributed by atoms with E-state index in [2.05, 4.69) is 26.2 Å². The second-order valence-corrected chi connectivity index (χ2v) is 5.30. The van der Waals surface area contributed by atoms with Crippen LogP contribution in [0.3, 0.4) is 0 Å². The van der Waals surface area contributed by atoms with Gasteiger partial charge in [-0.15, -0.1) is 0 Å². The van der Waals surface area contributed by atoms with Crippen molar-refractivity contribution in [3.63, 3.8) is 0 Å². The van der Waals surface area contributed by atoms with E-state index >= 15 is 0 Å². The van der Waals surface area contributed by atoms with Gasteiger partial charge in [-0.3, -0.25) is 9.59 Å². The number of aromatic nitrogens is 1. The van der Waals surface area contributed by atoms with Crippen LogP contribution in [0, 0.1) is 5.92 Å². The summed E-state index contributed by atoms with van der Waals surface area (Å²) in [5.74, 6) is -1.37. The van der Waals surface area contributed by atoms with E-state index in [1.165, 1.54) is 0 Å². The second-order valence-electron chi connectivity index (χ2n) is 4.38. The van der Waals surface area contributed by atoms with Gasteiger partial charge in [0.1, 0.15) is 5.69 Å². The first kappa shape index (κ1) is 13.0. The Morgan fingerprint density at radius 1 is 1.39 bits per heavy atom. The van der Waals surface area contributed by atoms with E-state index in [-0.39, 0.29) is 17.9 Å². The summed E-state index contributed by atoms with van der Waals surface area (Å²) in [6.07, 6.45) is 3.38. The van der Waals surface area contributed by atoms with Crippen molar-refractivity contribution in [3.8, 4) is 0 Å². The third-order valence-corrected chi connectivity index (χ3v) is 3.55. The number of hydrogen-bond acceptors (Lipinski definition) is 3. The van der Waals surface area contributed by atoms with Gasteiger partial charge in [0.15, 0.2) is 0 Å². The molecule has 0 aliphatic heterocycles. The molecule has 96 valence electrons. The molecule has 1 amide bonds. The Morgan fingerprint density at radius 2 is 2.17 bits per heavy atom. The first-order valence-electron chi connectivity index (χ1n) is 5.71. The topological polar surface area (TPSA) is 79.3 Å². The second kappa shape index (κ2) is 5.48. The van der Waals surface area contributed by atoms with Crippen molar-refractivity contribution in [3.05, 3.63) is 28.5 Å². The molecule has 1 heterocycles. The highest BCUT2D eigenvalue weighted by Gasteiger charge is 2.30. The van der Waals surface area contributed by atoms with Gasteiger partial charge in [0.05, 0.1) is 5.92 Å². The number of carbonyl (C=O) groups is 2. The number of nitrogens with one attached hydrogen (secondary N) is 1. The van der Waals surface area contributed by atoms with Gasteiger partial charge < -0.3 is 10.4 Å². The predicted octanol–water partition coefficient (Wildman–Crippen LogP) is 1.83. The summed E-state index contributed by atoms with van der Waals surface area (Å²) < 4.78 is 0.811. The Kier molecular flexibility index (Phi) is 3.96. The zero-order chi connectivity index (χ0) is 13.1. The third kappa shape index (κ3) is 3.07. The Bertz CT molecular complexity index is 461. The molecule has 0 radical (unpaired) electrons. The van der Waals surface area contributed by atoms with E-state index < -0.39 is 5.97 Å². The standard InChI is InChI=1S/C12H13BrN2O3/c13-8-2-4-10(14-6-8)11(16)15-9-3-1-7(5-9)12(17)18/h2,4,6-7,9H,1,3,5H2,(H,15,16)(H,17,18)/t7-,9+/m0/s1. The van der Waals surface area contributed by atoms with E-state index in [0.29, 0.717) is 25.0 Å². The first-order chi connectivity index (χ1) is 8.56. The van der Waals surface area contributed by atoms with Crippen LogP contribution >= 0.6 is 15.9 Å². The average Bonchev–Trinajstić information content (AvgIpc) is 2.78. The maximum Gasteiger partial charge on any atom is 0.306 e. The van der Waals surface area contributed by atoms with E-state index in [4.69, 9.17) is 5.11 Å². The molecule has 0 bridgehead atoms. The fourth-order valence-corrected chi connectivity index (χ4v) is 2.34. The van der Waals surface area contributed by atoms with Crippen molar-refractivity contribution in [2.75, 3.05) is 0 Å². The number of halogens is 1. The highest BCUT2D eigenvalue weighted by Crippen LogP contribution is 2.25. The molecule has 5 nitrogen and oxygen atoms in total. The van der Waals surface area contributed by atoms with Crippen LogP contribution in [0.1, 0.15) is 29.8 Å². The molecule has 6 heteroatoms. The number of carboxylic acids is 1. The van der Waals surface area contributed by atoms with Gasteiger partial charge in [-0.25, -0.2) is 4.98 Å². The van der Waals surface area contributed by atoms with Crippen LogP contribution in [0.2, 0.25) is 0 Å². The van der Waals surface area contributed by atoms with Gasteiger partial charge in [0, 0.05) is 16.7 Å². The van der Waals surface area contributed by atoms with Crippen LogP contribution in [-0.2, 0) is 4.79 Å². The zero-order valence-corrected chi connectivity index (χ0v) is 11.2. The highest BCUT2D eigenvalue weighted by molar-refractivity contribution is 9.10. The molecular formula is C12H13BrN2O3. The fraction of sp³-hybridized carbons (Fsp3) is 0.417. The number of amides is 1. The Balaban J connectivity index is 1.92. The molecule has 2 rings (SSSR count). The molecule has 18 heavy (non-hydrogen) atoms. The van der Waals surface area contributed by atoms with Crippen LogP contribution in [0.5, 0.6) is 0 Å². The van der Waals surface area contributed by atoms with Crippen LogP contribution < -0.4 is 5.32 Å². The summed E-state index contributed by atoms with van der Waals surface area (Å²) in [5.41, 5.74) is 0.344. The molecule has 2 N–H and O–H groups in total. The average molecular weight is 313 g/mol. The Labute approximate surface area is 113 Å². The van der Waals surface area contributed by atoms with Gasteiger partial charge in [-0.05, 0) is 47.3 Å². The monoisotopic (exact) mass is 312 g/mol. The van der Waals surface area contributed by atoms with Gasteiger partial charge in [-0.2, -0.15) is 0 Å². The molecule has 0 spiro atoms. The SMILES string of the molecule is O=C(N[C@@H]1CC[C@H](C(=O)O)C1)c1ccc(Br)cn1. The van der Waals surface area contributed by atoms with Crippen LogP contribution in [0.25, 0.3) is 0 Å². The highest BCUT2D eigenvalue weighted by atomic mass is 79.9. The lowest BCUT2D eigenvalue weighted by Crippen LogP contribution is -2.33. The van der Waals surface area contributed by atoms with Crippen molar-refractivity contribution >= 4 is 27.8 Å². The Hall–Kier alpha value is -1.43. The number of carboxylic acid groups (broad SMARTS) is 1. The number of rotatable bonds is 3. The molecule has 0 aromatic carbocycles. The molecule has 1 saturated carbocycles. The maximum atomic E-state index is 11.9. The van der Waals surface area contributed by atoms with Crippen molar-refractivity contribution in [2.45, 2.75) is 25.3 Å². The number of carbonyl (C=O) groups excluding carboxylic acids is 1. The minimum absolute atomic E-state index is 0.0657. The smallest absolute Gasteiger partial charge is 0.306 e. The normalized spacial score (nSPS) is 22.7. The maximum absolute atomic E-state index is 11.9. The van der Waals surface area contributed by atoms with Crippen molar-refractivity contribution in [1.29, 1.82) is 0 Å². The zero-order valence-electron chi connectivity index (χ0n) is 9.60.